The minimum Gasteiger partial charge on any atom is -0.388 e. The van der Waals surface area contributed by atoms with Gasteiger partial charge < -0.3 is 5.11 Å². The summed E-state index contributed by atoms with van der Waals surface area (Å²) in [5, 5.41) is 10.1. The highest BCUT2D eigenvalue weighted by atomic mass is 16.3. The highest BCUT2D eigenvalue weighted by Gasteiger charge is 2.29. The van der Waals surface area contributed by atoms with Crippen molar-refractivity contribution in [2.75, 3.05) is 0 Å². The Bertz CT molecular complexity index is 277. The number of aliphatic hydroxyl groups is 1. The Morgan fingerprint density at radius 1 is 1.21 bits per heavy atom. The zero-order chi connectivity index (χ0) is 9.97. The van der Waals surface area contributed by atoms with E-state index in [1.54, 1.807) is 0 Å². The molecule has 0 amide bonds. The average molecular weight is 190 g/mol. The molecule has 0 spiro atoms. The molecule has 14 heavy (non-hydrogen) atoms. The fourth-order valence-electron chi connectivity index (χ4n) is 2.18. The summed E-state index contributed by atoms with van der Waals surface area (Å²) in [7, 11) is 0. The molecule has 1 saturated carbocycles. The lowest BCUT2D eigenvalue weighted by Gasteiger charge is -2.34. The molecule has 0 unspecified atom stereocenters. The van der Waals surface area contributed by atoms with Gasteiger partial charge in [0, 0.05) is 0 Å². The van der Waals surface area contributed by atoms with Gasteiger partial charge in [0.1, 0.15) is 0 Å². The minimum atomic E-state index is -0.276. The molecule has 0 saturated heterocycles. The molecule has 2 rings (SSSR count). The Hall–Kier alpha value is -0.820. The number of rotatable bonds is 3. The van der Waals surface area contributed by atoms with Crippen molar-refractivity contribution >= 4 is 0 Å². The molecule has 0 heterocycles. The van der Waals surface area contributed by atoms with Crippen LogP contribution in [0, 0.1) is 11.8 Å². The molecule has 0 radical (unpaired) electrons. The second kappa shape index (κ2) is 4.14. The molecule has 2 atom stereocenters. The Morgan fingerprint density at radius 2 is 1.86 bits per heavy atom. The van der Waals surface area contributed by atoms with Crippen molar-refractivity contribution in [1.29, 1.82) is 0 Å². The topological polar surface area (TPSA) is 20.2 Å². The van der Waals surface area contributed by atoms with Gasteiger partial charge in [-0.05, 0) is 17.4 Å². The number of hydrogen-bond acceptors (Lipinski definition) is 1. The van der Waals surface area contributed by atoms with E-state index in [1.165, 1.54) is 19.3 Å². The van der Waals surface area contributed by atoms with Crippen LogP contribution < -0.4 is 0 Å². The van der Waals surface area contributed by atoms with E-state index in [0.29, 0.717) is 5.92 Å². The molecule has 1 aromatic carbocycles. The molecule has 1 N–H and O–H groups in total. The van der Waals surface area contributed by atoms with Gasteiger partial charge in [0.2, 0.25) is 0 Å². The Labute approximate surface area is 85.8 Å². The van der Waals surface area contributed by atoms with Crippen molar-refractivity contribution < 1.29 is 5.11 Å². The van der Waals surface area contributed by atoms with Gasteiger partial charge in [0.05, 0.1) is 6.10 Å². The van der Waals surface area contributed by atoms with Crippen LogP contribution >= 0.6 is 0 Å². The van der Waals surface area contributed by atoms with Crippen LogP contribution in [0.3, 0.4) is 0 Å². The highest BCUT2D eigenvalue weighted by Crippen LogP contribution is 2.39. The smallest absolute Gasteiger partial charge is 0.0818 e. The lowest BCUT2D eigenvalue weighted by molar-refractivity contribution is 0.0534. The van der Waals surface area contributed by atoms with Gasteiger partial charge in [-0.25, -0.2) is 0 Å². The Balaban J connectivity index is 2.03. The molecular weight excluding hydrogens is 172 g/mol. The maximum Gasteiger partial charge on any atom is 0.0818 e. The lowest BCUT2D eigenvalue weighted by atomic mass is 9.73. The molecule has 0 bridgehead atoms. The number of benzene rings is 1. The largest absolute Gasteiger partial charge is 0.388 e. The molecule has 1 heteroatoms. The zero-order valence-corrected chi connectivity index (χ0v) is 8.69. The van der Waals surface area contributed by atoms with E-state index >= 15 is 0 Å². The van der Waals surface area contributed by atoms with Crippen LogP contribution in [0.5, 0.6) is 0 Å². The van der Waals surface area contributed by atoms with Gasteiger partial charge in [-0.15, -0.1) is 0 Å². The summed E-state index contributed by atoms with van der Waals surface area (Å²) in [5.41, 5.74) is 1.06. The Kier molecular flexibility index (Phi) is 2.87. The van der Waals surface area contributed by atoms with Crippen molar-refractivity contribution in [3.63, 3.8) is 0 Å². The fraction of sp³-hybridized carbons (Fsp3) is 0.538. The lowest BCUT2D eigenvalue weighted by Crippen LogP contribution is -2.24. The highest BCUT2D eigenvalue weighted by molar-refractivity contribution is 5.18. The molecular formula is C13H18O. The monoisotopic (exact) mass is 190 g/mol. The number of hydrogen-bond donors (Lipinski definition) is 1. The SMILES string of the molecule is C[C@H](C1CCC1)[C@@H](O)c1ccccc1. The van der Waals surface area contributed by atoms with Gasteiger partial charge >= 0.3 is 0 Å². The third kappa shape index (κ3) is 1.83. The minimum absolute atomic E-state index is 0.276. The summed E-state index contributed by atoms with van der Waals surface area (Å²) in [6, 6.07) is 10.0. The fourth-order valence-corrected chi connectivity index (χ4v) is 2.18. The van der Waals surface area contributed by atoms with Crippen LogP contribution in [-0.2, 0) is 0 Å². The van der Waals surface area contributed by atoms with E-state index in [2.05, 4.69) is 6.92 Å². The van der Waals surface area contributed by atoms with Crippen LogP contribution in [-0.4, -0.2) is 5.11 Å². The predicted molar refractivity (Wildman–Crippen MR) is 57.9 cm³/mol. The molecule has 1 nitrogen and oxygen atoms in total. The summed E-state index contributed by atoms with van der Waals surface area (Å²) in [6.45, 7) is 2.17. The van der Waals surface area contributed by atoms with Crippen molar-refractivity contribution in [2.24, 2.45) is 11.8 Å². The van der Waals surface area contributed by atoms with Crippen LogP contribution in [0.2, 0.25) is 0 Å². The molecule has 0 aromatic heterocycles. The average Bonchev–Trinajstić information content (AvgIpc) is 2.15. The maximum absolute atomic E-state index is 10.1. The number of aliphatic hydroxyl groups excluding tert-OH is 1. The summed E-state index contributed by atoms with van der Waals surface area (Å²) < 4.78 is 0. The summed E-state index contributed by atoms with van der Waals surface area (Å²) >= 11 is 0. The van der Waals surface area contributed by atoms with E-state index in [-0.39, 0.29) is 6.10 Å². The van der Waals surface area contributed by atoms with Gasteiger partial charge in [-0.2, -0.15) is 0 Å². The second-order valence-electron chi connectivity index (χ2n) is 4.41. The van der Waals surface area contributed by atoms with Crippen molar-refractivity contribution in [3.8, 4) is 0 Å². The van der Waals surface area contributed by atoms with E-state index in [0.717, 1.165) is 11.5 Å². The first-order valence-electron chi connectivity index (χ1n) is 5.52. The van der Waals surface area contributed by atoms with Gasteiger partial charge in [0.15, 0.2) is 0 Å². The molecule has 0 aliphatic heterocycles. The van der Waals surface area contributed by atoms with Crippen LogP contribution in [0.15, 0.2) is 30.3 Å². The van der Waals surface area contributed by atoms with E-state index in [4.69, 9.17) is 0 Å². The van der Waals surface area contributed by atoms with Crippen molar-refractivity contribution in [2.45, 2.75) is 32.3 Å². The summed E-state index contributed by atoms with van der Waals surface area (Å²) in [4.78, 5) is 0. The molecule has 76 valence electrons. The maximum atomic E-state index is 10.1. The van der Waals surface area contributed by atoms with Gasteiger partial charge in [0.25, 0.3) is 0 Å². The van der Waals surface area contributed by atoms with E-state index < -0.39 is 0 Å². The standard InChI is InChI=1S/C13H18O/c1-10(11-8-5-9-11)13(14)12-6-3-2-4-7-12/h2-4,6-7,10-11,13-14H,5,8-9H2,1H3/t10-,13-/m1/s1. The molecule has 1 aliphatic carbocycles. The first kappa shape index (κ1) is 9.72. The van der Waals surface area contributed by atoms with Crippen molar-refractivity contribution in [3.05, 3.63) is 35.9 Å². The zero-order valence-electron chi connectivity index (χ0n) is 8.69. The third-order valence-corrected chi connectivity index (χ3v) is 3.53. The summed E-state index contributed by atoms with van der Waals surface area (Å²) in [6.07, 6.45) is 3.66. The predicted octanol–water partition coefficient (Wildman–Crippen LogP) is 3.16. The first-order valence-corrected chi connectivity index (χ1v) is 5.52. The molecule has 1 aromatic rings. The normalized spacial score (nSPS) is 21.3. The molecule has 1 aliphatic rings. The van der Waals surface area contributed by atoms with Crippen LogP contribution in [0.4, 0.5) is 0 Å². The molecule has 1 fully saturated rings. The van der Waals surface area contributed by atoms with Gasteiger partial charge in [-0.1, -0.05) is 56.5 Å². The quantitative estimate of drug-likeness (QED) is 0.776. The van der Waals surface area contributed by atoms with Crippen molar-refractivity contribution in [1.82, 2.24) is 0 Å². The van der Waals surface area contributed by atoms with Crippen LogP contribution in [0.25, 0.3) is 0 Å². The van der Waals surface area contributed by atoms with E-state index in [1.807, 2.05) is 30.3 Å². The van der Waals surface area contributed by atoms with E-state index in [9.17, 15) is 5.11 Å². The first-order chi connectivity index (χ1) is 6.79. The summed E-state index contributed by atoms with van der Waals surface area (Å²) in [5.74, 6) is 1.15. The van der Waals surface area contributed by atoms with Crippen LogP contribution in [0.1, 0.15) is 37.9 Å². The third-order valence-electron chi connectivity index (χ3n) is 3.53. The van der Waals surface area contributed by atoms with Gasteiger partial charge in [-0.3, -0.25) is 0 Å². The second-order valence-corrected chi connectivity index (χ2v) is 4.41. The Morgan fingerprint density at radius 3 is 2.36 bits per heavy atom.